The van der Waals surface area contributed by atoms with E-state index in [2.05, 4.69) is 96.0 Å². The first-order chi connectivity index (χ1) is 10.6. The molecule has 0 aliphatic heterocycles. The highest BCUT2D eigenvalue weighted by Crippen LogP contribution is 2.26. The van der Waals surface area contributed by atoms with Gasteiger partial charge < -0.3 is 0 Å². The lowest BCUT2D eigenvalue weighted by Crippen LogP contribution is -2.80. The molecule has 1 atom stereocenters. The quantitative estimate of drug-likeness (QED) is 0.712. The standard InChI is InChI=1S/C20H31Si3/c1-16-14-17(2)20(18(3)15-16)23(21(4)5,22(6,7)8)19-12-10-9-11-13-19/h9-15H,1-8H3. The molecule has 2 aromatic carbocycles. The first kappa shape index (κ1) is 18.4. The van der Waals surface area contributed by atoms with Crippen LogP contribution >= 0.6 is 0 Å². The number of benzene rings is 2. The van der Waals surface area contributed by atoms with E-state index in [4.69, 9.17) is 0 Å². The predicted molar refractivity (Wildman–Crippen MR) is 113 cm³/mol. The molecule has 0 bridgehead atoms. The van der Waals surface area contributed by atoms with E-state index >= 15 is 0 Å². The van der Waals surface area contributed by atoms with Crippen LogP contribution in [0.4, 0.5) is 0 Å². The van der Waals surface area contributed by atoms with E-state index in [9.17, 15) is 0 Å². The Morgan fingerprint density at radius 2 is 1.26 bits per heavy atom. The SMILES string of the molecule is Cc1cc(C)c([Si](c2ccccc2)([Si](C)C)[Si](C)(C)C)c(C)c1. The second-order valence-corrected chi connectivity index (χ2v) is 30.7. The van der Waals surface area contributed by atoms with Gasteiger partial charge in [-0.05, 0) is 20.8 Å². The van der Waals surface area contributed by atoms with Crippen molar-refractivity contribution >= 4 is 33.4 Å². The summed E-state index contributed by atoms with van der Waals surface area (Å²) >= 11 is 0. The Hall–Kier alpha value is -0.909. The van der Waals surface area contributed by atoms with E-state index in [-0.39, 0.29) is 0 Å². The molecular weight excluding hydrogens is 324 g/mol. The van der Waals surface area contributed by atoms with Gasteiger partial charge in [0.05, 0.1) is 0 Å². The van der Waals surface area contributed by atoms with Gasteiger partial charge in [-0.1, -0.05) is 102 Å². The topological polar surface area (TPSA) is 0 Å². The van der Waals surface area contributed by atoms with Crippen molar-refractivity contribution in [1.29, 1.82) is 0 Å². The third kappa shape index (κ3) is 3.06. The maximum atomic E-state index is 2.61. The Balaban J connectivity index is 2.95. The number of hydrogen-bond donors (Lipinski definition) is 0. The van der Waals surface area contributed by atoms with Crippen LogP contribution in [0, 0.1) is 20.8 Å². The lowest BCUT2D eigenvalue weighted by Gasteiger charge is -2.47. The van der Waals surface area contributed by atoms with Gasteiger partial charge in [0.2, 0.25) is 0 Å². The number of rotatable bonds is 4. The van der Waals surface area contributed by atoms with E-state index in [0.29, 0.717) is 0 Å². The summed E-state index contributed by atoms with van der Waals surface area (Å²) in [7, 11) is -3.53. The lowest BCUT2D eigenvalue weighted by molar-refractivity contribution is 1.35. The van der Waals surface area contributed by atoms with Crippen LogP contribution in [-0.2, 0) is 0 Å². The minimum absolute atomic E-state index is 0.450. The van der Waals surface area contributed by atoms with Gasteiger partial charge in [0, 0.05) is 15.9 Å². The van der Waals surface area contributed by atoms with E-state index in [1.807, 2.05) is 0 Å². The molecule has 0 aromatic heterocycles. The van der Waals surface area contributed by atoms with Crippen LogP contribution in [-0.4, -0.2) is 23.0 Å². The minimum Gasteiger partial charge on any atom is -0.0729 e. The molecule has 1 unspecified atom stereocenters. The summed E-state index contributed by atoms with van der Waals surface area (Å²) in [6, 6.07) is 16.4. The van der Waals surface area contributed by atoms with Gasteiger partial charge in [0.15, 0.2) is 0 Å². The van der Waals surface area contributed by atoms with Gasteiger partial charge in [-0.3, -0.25) is 0 Å². The van der Waals surface area contributed by atoms with Gasteiger partial charge in [-0.25, -0.2) is 0 Å². The summed E-state index contributed by atoms with van der Waals surface area (Å²) in [6.45, 7) is 19.9. The van der Waals surface area contributed by atoms with Gasteiger partial charge in [-0.2, -0.15) is 0 Å². The van der Waals surface area contributed by atoms with Gasteiger partial charge >= 0.3 is 0 Å². The third-order valence-electron chi connectivity index (χ3n) is 5.13. The molecule has 0 nitrogen and oxygen atoms in total. The van der Waals surface area contributed by atoms with Crippen LogP contribution in [0.3, 0.4) is 0 Å². The van der Waals surface area contributed by atoms with Crippen molar-refractivity contribution in [3.63, 3.8) is 0 Å². The maximum Gasteiger partial charge on any atom is 0.102 e. The molecule has 123 valence electrons. The Kier molecular flexibility index (Phi) is 5.24. The summed E-state index contributed by atoms with van der Waals surface area (Å²) in [5.74, 6) is 0. The first-order valence-corrected chi connectivity index (χ1v) is 18.6. The summed E-state index contributed by atoms with van der Waals surface area (Å²) in [4.78, 5) is 0. The van der Waals surface area contributed by atoms with Crippen molar-refractivity contribution in [2.75, 3.05) is 0 Å². The molecule has 0 spiro atoms. The highest BCUT2D eigenvalue weighted by molar-refractivity contribution is 7.72. The zero-order valence-corrected chi connectivity index (χ0v) is 19.0. The van der Waals surface area contributed by atoms with Crippen molar-refractivity contribution in [1.82, 2.24) is 0 Å². The second-order valence-electron chi connectivity index (χ2n) is 8.14. The average molecular weight is 356 g/mol. The van der Waals surface area contributed by atoms with Crippen LogP contribution < -0.4 is 10.4 Å². The highest BCUT2D eigenvalue weighted by atomic mass is 29.6. The summed E-state index contributed by atoms with van der Waals surface area (Å²) < 4.78 is 0. The summed E-state index contributed by atoms with van der Waals surface area (Å²) in [5, 5.41) is 3.43. The second kappa shape index (κ2) is 6.54. The van der Waals surface area contributed by atoms with Crippen LogP contribution in [0.15, 0.2) is 42.5 Å². The number of aryl methyl sites for hydroxylation is 3. The molecule has 0 N–H and O–H groups in total. The Labute approximate surface area is 146 Å². The molecule has 3 heteroatoms. The Morgan fingerprint density at radius 3 is 1.65 bits per heavy atom. The molecule has 0 amide bonds. The molecule has 2 rings (SSSR count). The van der Waals surface area contributed by atoms with Crippen molar-refractivity contribution in [2.24, 2.45) is 0 Å². The van der Waals surface area contributed by atoms with E-state index in [1.165, 1.54) is 16.7 Å². The number of hydrogen-bond acceptors (Lipinski definition) is 0. The van der Waals surface area contributed by atoms with Gasteiger partial charge in [0.25, 0.3) is 0 Å². The van der Waals surface area contributed by atoms with Gasteiger partial charge in [-0.15, -0.1) is 0 Å². The van der Waals surface area contributed by atoms with Crippen molar-refractivity contribution in [3.8, 4) is 0 Å². The Bertz CT molecular complexity index is 661. The van der Waals surface area contributed by atoms with Crippen molar-refractivity contribution in [2.45, 2.75) is 53.5 Å². The highest BCUT2D eigenvalue weighted by Gasteiger charge is 2.52. The summed E-state index contributed by atoms with van der Waals surface area (Å²) in [6.07, 6.45) is 0. The normalized spacial score (nSPS) is 14.8. The molecule has 0 saturated heterocycles. The average Bonchev–Trinajstić information content (AvgIpc) is 2.41. The maximum absolute atomic E-state index is 2.61. The van der Waals surface area contributed by atoms with Crippen molar-refractivity contribution < 1.29 is 0 Å². The third-order valence-corrected chi connectivity index (χ3v) is 37.4. The molecule has 2 aromatic rings. The largest absolute Gasteiger partial charge is 0.102 e. The molecule has 0 fully saturated rings. The van der Waals surface area contributed by atoms with Crippen molar-refractivity contribution in [3.05, 3.63) is 59.2 Å². The van der Waals surface area contributed by atoms with E-state index in [0.717, 1.165) is 0 Å². The minimum atomic E-state index is -1.70. The lowest BCUT2D eigenvalue weighted by atomic mass is 10.1. The monoisotopic (exact) mass is 355 g/mol. The Morgan fingerprint density at radius 1 is 0.783 bits per heavy atom. The fourth-order valence-corrected chi connectivity index (χ4v) is 40.6. The van der Waals surface area contributed by atoms with Crippen LogP contribution in [0.25, 0.3) is 0 Å². The summed E-state index contributed by atoms with van der Waals surface area (Å²) in [5.41, 5.74) is 4.47. The smallest absolute Gasteiger partial charge is 0.0729 e. The fraction of sp³-hybridized carbons (Fsp3) is 0.400. The zero-order chi connectivity index (χ0) is 17.4. The van der Waals surface area contributed by atoms with Crippen LogP contribution in [0.5, 0.6) is 0 Å². The molecule has 0 saturated carbocycles. The van der Waals surface area contributed by atoms with E-state index in [1.54, 1.807) is 10.4 Å². The van der Waals surface area contributed by atoms with Crippen LogP contribution in [0.1, 0.15) is 16.7 Å². The zero-order valence-electron chi connectivity index (χ0n) is 16.0. The van der Waals surface area contributed by atoms with E-state index < -0.39 is 23.0 Å². The van der Waals surface area contributed by atoms with Gasteiger partial charge in [0.1, 0.15) is 7.11 Å². The molecule has 0 aliphatic carbocycles. The molecule has 1 radical (unpaired) electrons. The molecule has 0 aliphatic rings. The van der Waals surface area contributed by atoms with Crippen LogP contribution in [0.2, 0.25) is 32.7 Å². The first-order valence-electron chi connectivity index (χ1n) is 8.57. The molecular formula is C20H31Si3. The molecule has 0 heterocycles. The molecule has 23 heavy (non-hydrogen) atoms. The predicted octanol–water partition coefficient (Wildman–Crippen LogP) is 4.42. The fourth-order valence-electron chi connectivity index (χ4n) is 4.70.